The van der Waals surface area contributed by atoms with Gasteiger partial charge < -0.3 is 5.32 Å². The van der Waals surface area contributed by atoms with Gasteiger partial charge in [0.25, 0.3) is 0 Å². The SMILES string of the molecule is Clc1ccc(C2(Cc3cscn3)CNC2)cc1. The Morgan fingerprint density at radius 1 is 1.29 bits per heavy atom. The molecule has 1 aliphatic heterocycles. The van der Waals surface area contributed by atoms with Gasteiger partial charge in [0.05, 0.1) is 11.2 Å². The van der Waals surface area contributed by atoms with E-state index < -0.39 is 0 Å². The lowest BCUT2D eigenvalue weighted by Gasteiger charge is -2.43. The highest BCUT2D eigenvalue weighted by Crippen LogP contribution is 2.33. The molecule has 1 saturated heterocycles. The first-order valence-corrected chi connectivity index (χ1v) is 6.94. The fraction of sp³-hybridized carbons (Fsp3) is 0.308. The standard InChI is InChI=1S/C13H13ClN2S/c14-11-3-1-10(2-4-11)13(7-15-8-13)5-12-6-17-9-16-12/h1-4,6,9,15H,5,7-8H2. The van der Waals surface area contributed by atoms with Crippen LogP contribution in [0.4, 0.5) is 0 Å². The van der Waals surface area contributed by atoms with E-state index in [4.69, 9.17) is 11.6 Å². The van der Waals surface area contributed by atoms with Gasteiger partial charge in [-0.05, 0) is 17.7 Å². The average molecular weight is 265 g/mol. The van der Waals surface area contributed by atoms with E-state index >= 15 is 0 Å². The molecule has 0 radical (unpaired) electrons. The Kier molecular flexibility index (Phi) is 2.90. The zero-order valence-corrected chi connectivity index (χ0v) is 10.9. The molecular formula is C13H13ClN2S. The molecule has 1 aliphatic rings. The van der Waals surface area contributed by atoms with Gasteiger partial charge in [0, 0.05) is 35.3 Å². The summed E-state index contributed by atoms with van der Waals surface area (Å²) < 4.78 is 0. The van der Waals surface area contributed by atoms with Crippen LogP contribution in [-0.4, -0.2) is 18.1 Å². The molecule has 2 nitrogen and oxygen atoms in total. The number of benzene rings is 1. The minimum atomic E-state index is 0.207. The summed E-state index contributed by atoms with van der Waals surface area (Å²) in [5.41, 5.74) is 4.65. The maximum absolute atomic E-state index is 5.94. The summed E-state index contributed by atoms with van der Waals surface area (Å²) in [5, 5.41) is 6.30. The van der Waals surface area contributed by atoms with Crippen molar-refractivity contribution >= 4 is 22.9 Å². The number of hydrogen-bond acceptors (Lipinski definition) is 3. The Balaban J connectivity index is 1.89. The van der Waals surface area contributed by atoms with Gasteiger partial charge in [-0.1, -0.05) is 23.7 Å². The van der Waals surface area contributed by atoms with Gasteiger partial charge in [-0.15, -0.1) is 11.3 Å². The van der Waals surface area contributed by atoms with Crippen LogP contribution in [0, 0.1) is 0 Å². The summed E-state index contributed by atoms with van der Waals surface area (Å²) in [6.07, 6.45) is 1.01. The van der Waals surface area contributed by atoms with Crippen molar-refractivity contribution < 1.29 is 0 Å². The number of aromatic nitrogens is 1. The lowest BCUT2D eigenvalue weighted by atomic mass is 9.72. The predicted octanol–water partition coefficient (Wildman–Crippen LogP) is 2.88. The van der Waals surface area contributed by atoms with Gasteiger partial charge in [-0.2, -0.15) is 0 Å². The summed E-state index contributed by atoms with van der Waals surface area (Å²) in [6.45, 7) is 2.04. The fourth-order valence-electron chi connectivity index (χ4n) is 2.33. The molecule has 1 aromatic carbocycles. The maximum atomic E-state index is 5.94. The van der Waals surface area contributed by atoms with Gasteiger partial charge in [0.2, 0.25) is 0 Å². The van der Waals surface area contributed by atoms with Crippen LogP contribution in [0.15, 0.2) is 35.2 Å². The van der Waals surface area contributed by atoms with Gasteiger partial charge in [-0.3, -0.25) is 0 Å². The molecule has 2 aromatic rings. The highest BCUT2D eigenvalue weighted by molar-refractivity contribution is 7.07. The average Bonchev–Trinajstić information content (AvgIpc) is 2.77. The molecule has 88 valence electrons. The van der Waals surface area contributed by atoms with Crippen molar-refractivity contribution in [3.05, 3.63) is 51.4 Å². The molecule has 0 aliphatic carbocycles. The van der Waals surface area contributed by atoms with Gasteiger partial charge >= 0.3 is 0 Å². The smallest absolute Gasteiger partial charge is 0.0794 e. The van der Waals surface area contributed by atoms with Crippen molar-refractivity contribution in [1.29, 1.82) is 0 Å². The van der Waals surface area contributed by atoms with Crippen molar-refractivity contribution in [2.75, 3.05) is 13.1 Å². The molecule has 3 rings (SSSR count). The molecule has 0 saturated carbocycles. The quantitative estimate of drug-likeness (QED) is 0.922. The largest absolute Gasteiger partial charge is 0.315 e. The molecule has 0 amide bonds. The van der Waals surface area contributed by atoms with Gasteiger partial charge in [0.15, 0.2) is 0 Å². The normalized spacial score (nSPS) is 17.7. The summed E-state index contributed by atoms with van der Waals surface area (Å²) in [7, 11) is 0. The molecule has 1 aromatic heterocycles. The molecule has 1 fully saturated rings. The van der Waals surface area contributed by atoms with E-state index in [-0.39, 0.29) is 5.41 Å². The summed E-state index contributed by atoms with van der Waals surface area (Å²) >= 11 is 7.60. The first kappa shape index (κ1) is 11.2. The summed E-state index contributed by atoms with van der Waals surface area (Å²) in [6, 6.07) is 8.21. The van der Waals surface area contributed by atoms with Crippen LogP contribution >= 0.6 is 22.9 Å². The number of halogens is 1. The van der Waals surface area contributed by atoms with Crippen molar-refractivity contribution in [3.8, 4) is 0 Å². The number of thiazole rings is 1. The number of nitrogens with one attached hydrogen (secondary N) is 1. The fourth-order valence-corrected chi connectivity index (χ4v) is 3.02. The molecular weight excluding hydrogens is 252 g/mol. The van der Waals surface area contributed by atoms with Crippen molar-refractivity contribution in [3.63, 3.8) is 0 Å². The Bertz CT molecular complexity index is 489. The van der Waals surface area contributed by atoms with E-state index in [9.17, 15) is 0 Å². The Hall–Kier alpha value is -0.900. The Morgan fingerprint density at radius 2 is 2.06 bits per heavy atom. The monoisotopic (exact) mass is 264 g/mol. The van der Waals surface area contributed by atoms with Gasteiger partial charge in [0.1, 0.15) is 0 Å². The molecule has 2 heterocycles. The van der Waals surface area contributed by atoms with Crippen LogP contribution in [0.5, 0.6) is 0 Å². The molecule has 4 heteroatoms. The first-order chi connectivity index (χ1) is 8.28. The zero-order valence-electron chi connectivity index (χ0n) is 9.32. The third kappa shape index (κ3) is 2.10. The van der Waals surface area contributed by atoms with E-state index in [2.05, 4.69) is 27.8 Å². The zero-order chi connectivity index (χ0) is 11.7. The van der Waals surface area contributed by atoms with Crippen molar-refractivity contribution in [1.82, 2.24) is 10.3 Å². The molecule has 0 atom stereocenters. The number of nitrogens with zero attached hydrogens (tertiary/aromatic N) is 1. The van der Waals surface area contributed by atoms with Crippen LogP contribution in [0.3, 0.4) is 0 Å². The second-order valence-corrected chi connectivity index (χ2v) is 5.70. The lowest BCUT2D eigenvalue weighted by Crippen LogP contribution is -2.58. The minimum Gasteiger partial charge on any atom is -0.315 e. The molecule has 0 spiro atoms. The van der Waals surface area contributed by atoms with E-state index in [1.54, 1.807) is 11.3 Å². The third-order valence-corrected chi connectivity index (χ3v) is 4.27. The second kappa shape index (κ2) is 4.41. The van der Waals surface area contributed by atoms with Gasteiger partial charge in [-0.25, -0.2) is 4.98 Å². The third-order valence-electron chi connectivity index (χ3n) is 3.39. The van der Waals surface area contributed by atoms with E-state index in [1.807, 2.05) is 17.6 Å². The molecule has 1 N–H and O–H groups in total. The minimum absolute atomic E-state index is 0.207. The van der Waals surface area contributed by atoms with Crippen LogP contribution in [0.1, 0.15) is 11.3 Å². The Labute approximate surface area is 110 Å². The lowest BCUT2D eigenvalue weighted by molar-refractivity contribution is 0.273. The summed E-state index contributed by atoms with van der Waals surface area (Å²) in [4.78, 5) is 4.39. The second-order valence-electron chi connectivity index (χ2n) is 4.55. The first-order valence-electron chi connectivity index (χ1n) is 5.62. The van der Waals surface area contributed by atoms with Crippen LogP contribution in [-0.2, 0) is 11.8 Å². The Morgan fingerprint density at radius 3 is 2.59 bits per heavy atom. The number of rotatable bonds is 3. The van der Waals surface area contributed by atoms with E-state index in [0.717, 1.165) is 24.5 Å². The van der Waals surface area contributed by atoms with E-state index in [1.165, 1.54) is 11.3 Å². The highest BCUT2D eigenvalue weighted by atomic mass is 35.5. The molecule has 0 unspecified atom stereocenters. The van der Waals surface area contributed by atoms with Crippen LogP contribution < -0.4 is 5.32 Å². The highest BCUT2D eigenvalue weighted by Gasteiger charge is 2.39. The van der Waals surface area contributed by atoms with Crippen LogP contribution in [0.2, 0.25) is 5.02 Å². The molecule has 17 heavy (non-hydrogen) atoms. The van der Waals surface area contributed by atoms with E-state index in [0.29, 0.717) is 0 Å². The maximum Gasteiger partial charge on any atom is 0.0794 e. The van der Waals surface area contributed by atoms with Crippen LogP contribution in [0.25, 0.3) is 0 Å². The van der Waals surface area contributed by atoms with Crippen molar-refractivity contribution in [2.24, 2.45) is 0 Å². The number of hydrogen-bond donors (Lipinski definition) is 1. The van der Waals surface area contributed by atoms with Crippen molar-refractivity contribution in [2.45, 2.75) is 11.8 Å². The summed E-state index contributed by atoms with van der Waals surface area (Å²) in [5.74, 6) is 0. The topological polar surface area (TPSA) is 24.9 Å². The predicted molar refractivity (Wildman–Crippen MR) is 71.8 cm³/mol. The molecule has 0 bridgehead atoms.